The molecule has 0 radical (unpaired) electrons. The van der Waals surface area contributed by atoms with E-state index in [1.54, 1.807) is 18.2 Å². The van der Waals surface area contributed by atoms with E-state index >= 15 is 0 Å². The largest absolute Gasteiger partial charge is 0.478 e. The summed E-state index contributed by atoms with van der Waals surface area (Å²) in [6.07, 6.45) is 6.11. The van der Waals surface area contributed by atoms with Crippen LogP contribution >= 0.6 is 0 Å². The Balaban J connectivity index is 1.75. The maximum absolute atomic E-state index is 11.1. The first-order valence-electron chi connectivity index (χ1n) is 8.33. The molecule has 1 aromatic heterocycles. The normalized spacial score (nSPS) is 15.0. The minimum Gasteiger partial charge on any atom is -0.478 e. The van der Waals surface area contributed by atoms with Gasteiger partial charge in [0.1, 0.15) is 5.82 Å². The maximum Gasteiger partial charge on any atom is 0.335 e. The average molecular weight is 326 g/mol. The molecular weight excluding hydrogens is 304 g/mol. The van der Waals surface area contributed by atoms with Gasteiger partial charge < -0.3 is 15.7 Å². The molecule has 0 bridgehead atoms. The number of anilines is 3. The second-order valence-electron chi connectivity index (χ2n) is 6.21. The molecule has 6 heteroatoms. The van der Waals surface area contributed by atoms with Crippen LogP contribution in [0.2, 0.25) is 0 Å². The van der Waals surface area contributed by atoms with E-state index in [2.05, 4.69) is 20.6 Å². The zero-order valence-electron chi connectivity index (χ0n) is 13.7. The number of aryl methyl sites for hydroxylation is 1. The second kappa shape index (κ2) is 7.29. The highest BCUT2D eigenvalue weighted by Gasteiger charge is 2.14. The summed E-state index contributed by atoms with van der Waals surface area (Å²) in [4.78, 5) is 20.0. The van der Waals surface area contributed by atoms with Crippen LogP contribution < -0.4 is 10.6 Å². The zero-order chi connectivity index (χ0) is 16.9. The lowest BCUT2D eigenvalue weighted by molar-refractivity contribution is 0.0697. The van der Waals surface area contributed by atoms with Gasteiger partial charge in [0.25, 0.3) is 0 Å². The van der Waals surface area contributed by atoms with E-state index in [0.29, 0.717) is 23.5 Å². The van der Waals surface area contributed by atoms with E-state index < -0.39 is 5.97 Å². The van der Waals surface area contributed by atoms with Gasteiger partial charge in [0, 0.05) is 23.5 Å². The van der Waals surface area contributed by atoms with Gasteiger partial charge in [0.2, 0.25) is 5.95 Å². The van der Waals surface area contributed by atoms with Gasteiger partial charge >= 0.3 is 5.97 Å². The number of benzene rings is 1. The van der Waals surface area contributed by atoms with E-state index in [1.807, 2.05) is 19.1 Å². The molecule has 1 aliphatic rings. The first-order chi connectivity index (χ1) is 11.6. The molecule has 6 nitrogen and oxygen atoms in total. The van der Waals surface area contributed by atoms with Crippen molar-refractivity contribution in [3.05, 3.63) is 41.6 Å². The van der Waals surface area contributed by atoms with Gasteiger partial charge in [-0.15, -0.1) is 0 Å². The topological polar surface area (TPSA) is 87.1 Å². The van der Waals surface area contributed by atoms with Crippen LogP contribution in [0, 0.1) is 6.92 Å². The van der Waals surface area contributed by atoms with Gasteiger partial charge in [-0.05, 0) is 38.0 Å². The molecule has 0 saturated heterocycles. The summed E-state index contributed by atoms with van der Waals surface area (Å²) in [5, 5.41) is 15.7. The Morgan fingerprint density at radius 1 is 1.17 bits per heavy atom. The summed E-state index contributed by atoms with van der Waals surface area (Å²) in [5.41, 5.74) is 1.79. The van der Waals surface area contributed by atoms with Crippen LogP contribution in [0.5, 0.6) is 0 Å². The number of aromatic carboxylic acids is 1. The lowest BCUT2D eigenvalue weighted by atomic mass is 9.96. The van der Waals surface area contributed by atoms with Crippen LogP contribution in [0.15, 0.2) is 30.3 Å². The SMILES string of the molecule is Cc1cc(Nc2cccc(C(=O)O)c2)nc(NC2CCCCC2)n1. The molecule has 3 N–H and O–H groups in total. The van der Waals surface area contributed by atoms with E-state index in [0.717, 1.165) is 18.5 Å². The highest BCUT2D eigenvalue weighted by Crippen LogP contribution is 2.22. The molecule has 0 amide bonds. The number of carboxylic acid groups (broad SMARTS) is 1. The molecule has 0 unspecified atom stereocenters. The Bertz CT molecular complexity index is 727. The predicted molar refractivity (Wildman–Crippen MR) is 93.9 cm³/mol. The standard InChI is InChI=1S/C18H22N4O2/c1-12-10-16(20-15-9-5-6-13(11-15)17(23)24)22-18(19-12)21-14-7-3-2-4-8-14/h5-6,9-11,14H,2-4,7-8H2,1H3,(H,23,24)(H2,19,20,21,22). The highest BCUT2D eigenvalue weighted by molar-refractivity contribution is 5.89. The second-order valence-corrected chi connectivity index (χ2v) is 6.21. The van der Waals surface area contributed by atoms with Crippen LogP contribution in [0.4, 0.5) is 17.5 Å². The third-order valence-electron chi connectivity index (χ3n) is 4.17. The van der Waals surface area contributed by atoms with Gasteiger partial charge in [-0.1, -0.05) is 25.3 Å². The first-order valence-corrected chi connectivity index (χ1v) is 8.33. The van der Waals surface area contributed by atoms with Crippen molar-refractivity contribution >= 4 is 23.4 Å². The molecule has 24 heavy (non-hydrogen) atoms. The molecule has 1 aliphatic carbocycles. The highest BCUT2D eigenvalue weighted by atomic mass is 16.4. The fraction of sp³-hybridized carbons (Fsp3) is 0.389. The molecule has 1 saturated carbocycles. The Morgan fingerprint density at radius 2 is 1.96 bits per heavy atom. The van der Waals surface area contributed by atoms with Crippen LogP contribution in [-0.4, -0.2) is 27.1 Å². The molecule has 2 aromatic rings. The summed E-state index contributed by atoms with van der Waals surface area (Å²) in [6, 6.07) is 8.96. The van der Waals surface area contributed by atoms with Crippen molar-refractivity contribution in [3.63, 3.8) is 0 Å². The number of hydrogen-bond acceptors (Lipinski definition) is 5. The summed E-state index contributed by atoms with van der Waals surface area (Å²) in [7, 11) is 0. The Hall–Kier alpha value is -2.63. The van der Waals surface area contributed by atoms with Crippen molar-refractivity contribution in [2.24, 2.45) is 0 Å². The molecule has 1 aromatic carbocycles. The number of nitrogens with zero attached hydrogens (tertiary/aromatic N) is 2. The van der Waals surface area contributed by atoms with Crippen molar-refractivity contribution in [1.82, 2.24) is 9.97 Å². The van der Waals surface area contributed by atoms with Crippen LogP contribution in [0.3, 0.4) is 0 Å². The fourth-order valence-electron chi connectivity index (χ4n) is 3.00. The number of hydrogen-bond donors (Lipinski definition) is 3. The average Bonchev–Trinajstić information content (AvgIpc) is 2.55. The van der Waals surface area contributed by atoms with E-state index in [-0.39, 0.29) is 5.56 Å². The summed E-state index contributed by atoms with van der Waals surface area (Å²) >= 11 is 0. The summed E-state index contributed by atoms with van der Waals surface area (Å²) in [6.45, 7) is 1.92. The van der Waals surface area contributed by atoms with E-state index in [4.69, 9.17) is 5.11 Å². The van der Waals surface area contributed by atoms with Crippen molar-refractivity contribution in [2.75, 3.05) is 10.6 Å². The molecule has 1 fully saturated rings. The Labute approximate surface area is 141 Å². The molecule has 0 spiro atoms. The Morgan fingerprint density at radius 3 is 2.71 bits per heavy atom. The number of carboxylic acids is 1. The Kier molecular flexibility index (Phi) is 4.93. The third kappa shape index (κ3) is 4.22. The zero-order valence-corrected chi connectivity index (χ0v) is 13.7. The van der Waals surface area contributed by atoms with Gasteiger partial charge in [0.05, 0.1) is 5.56 Å². The molecule has 126 valence electrons. The minimum atomic E-state index is -0.947. The quantitative estimate of drug-likeness (QED) is 0.770. The summed E-state index contributed by atoms with van der Waals surface area (Å²) < 4.78 is 0. The number of rotatable bonds is 5. The first kappa shape index (κ1) is 16.2. The monoisotopic (exact) mass is 326 g/mol. The lowest BCUT2D eigenvalue weighted by Crippen LogP contribution is -2.23. The van der Waals surface area contributed by atoms with Gasteiger partial charge in [-0.25, -0.2) is 9.78 Å². The molecule has 0 atom stereocenters. The fourth-order valence-corrected chi connectivity index (χ4v) is 3.00. The maximum atomic E-state index is 11.1. The van der Waals surface area contributed by atoms with Gasteiger partial charge in [-0.2, -0.15) is 4.98 Å². The van der Waals surface area contributed by atoms with Crippen LogP contribution in [0.25, 0.3) is 0 Å². The van der Waals surface area contributed by atoms with Crippen LogP contribution in [0.1, 0.15) is 48.2 Å². The van der Waals surface area contributed by atoms with Gasteiger partial charge in [-0.3, -0.25) is 0 Å². The third-order valence-corrected chi connectivity index (χ3v) is 4.17. The predicted octanol–water partition coefficient (Wildman–Crippen LogP) is 3.97. The van der Waals surface area contributed by atoms with Crippen molar-refractivity contribution in [3.8, 4) is 0 Å². The number of nitrogens with one attached hydrogen (secondary N) is 2. The molecular formula is C18H22N4O2. The number of carbonyl (C=O) groups is 1. The lowest BCUT2D eigenvalue weighted by Gasteiger charge is -2.23. The van der Waals surface area contributed by atoms with Crippen molar-refractivity contribution in [2.45, 2.75) is 45.1 Å². The molecule has 3 rings (SSSR count). The van der Waals surface area contributed by atoms with E-state index in [1.165, 1.54) is 19.3 Å². The van der Waals surface area contributed by atoms with E-state index in [9.17, 15) is 4.79 Å². The summed E-state index contributed by atoms with van der Waals surface area (Å²) in [5.74, 6) is 0.333. The molecule has 1 heterocycles. The molecule has 0 aliphatic heterocycles. The van der Waals surface area contributed by atoms with Crippen molar-refractivity contribution in [1.29, 1.82) is 0 Å². The van der Waals surface area contributed by atoms with Crippen LogP contribution in [-0.2, 0) is 0 Å². The van der Waals surface area contributed by atoms with Gasteiger partial charge in [0.15, 0.2) is 0 Å². The minimum absolute atomic E-state index is 0.242. The van der Waals surface area contributed by atoms with Crippen molar-refractivity contribution < 1.29 is 9.90 Å². The number of aromatic nitrogens is 2. The smallest absolute Gasteiger partial charge is 0.335 e.